The summed E-state index contributed by atoms with van der Waals surface area (Å²) in [6.45, 7) is 20.0. The Labute approximate surface area is 295 Å². The van der Waals surface area contributed by atoms with Crippen LogP contribution in [-0.4, -0.2) is 6.54 Å². The van der Waals surface area contributed by atoms with E-state index in [0.29, 0.717) is 20.2 Å². The predicted octanol–water partition coefficient (Wildman–Crippen LogP) is 11.4. The summed E-state index contributed by atoms with van der Waals surface area (Å²) in [5, 5.41) is 26.3. The zero-order valence-corrected chi connectivity index (χ0v) is 29.3. The van der Waals surface area contributed by atoms with Crippen LogP contribution in [-0.2, 0) is 0 Å². The molecule has 0 radical (unpaired) electrons. The standard InChI is InChI=1S/C16H4F2N4S2.C10H2F2I2S2.C3H2N2/c1-21-16(22-2)11-4-9-13(18)14-8(12(17)15(9)24-11)3-10(23-14)7(5-19)6-20;11-7-3-1-5(13)15-9(3)8(12)4-2-6(14)16-10(4)7;1-5-3-2-4/h3-4,7,16H;1-2H;3H2. The first kappa shape index (κ1) is 34.3. The average molecular weight is 898 g/mol. The van der Waals surface area contributed by atoms with Gasteiger partial charge in [0.25, 0.3) is 6.54 Å². The van der Waals surface area contributed by atoms with Gasteiger partial charge in [0.2, 0.25) is 0 Å². The largest absolute Gasteiger partial charge is 0.511 e. The molecule has 0 N–H and O–H groups in total. The molecule has 0 atom stereocenters. The first-order valence-corrected chi connectivity index (χ1v) is 17.2. The van der Waals surface area contributed by atoms with Gasteiger partial charge >= 0.3 is 6.17 Å². The number of fused-ring (bicyclic) bond motifs is 4. The zero-order valence-electron chi connectivity index (χ0n) is 21.8. The van der Waals surface area contributed by atoms with Crippen molar-refractivity contribution >= 4 is 131 Å². The Bertz CT molecular complexity index is 2090. The maximum atomic E-state index is 14.7. The second-order valence-electron chi connectivity index (χ2n) is 8.42. The number of benzene rings is 2. The van der Waals surface area contributed by atoms with Gasteiger partial charge in [-0.05, 0) is 69.4 Å². The van der Waals surface area contributed by atoms with E-state index >= 15 is 0 Å². The minimum absolute atomic E-state index is 0.00562. The van der Waals surface area contributed by atoms with Crippen LogP contribution < -0.4 is 0 Å². The number of nitriles is 3. The number of halogens is 6. The fraction of sp³-hybridized carbons (Fsp3) is 0.103. The lowest BCUT2D eigenvalue weighted by molar-refractivity contribution is 0.638. The Balaban J connectivity index is 0.000000188. The van der Waals surface area contributed by atoms with Crippen molar-refractivity contribution in [2.75, 3.05) is 6.54 Å². The smallest absolute Gasteiger partial charge is 0.301 e. The Morgan fingerprint density at radius 2 is 1.02 bits per heavy atom. The van der Waals surface area contributed by atoms with Crippen molar-refractivity contribution in [1.82, 2.24) is 0 Å². The Morgan fingerprint density at radius 3 is 1.38 bits per heavy atom. The van der Waals surface area contributed by atoms with Gasteiger partial charge in [-0.2, -0.15) is 15.8 Å². The van der Waals surface area contributed by atoms with Crippen LogP contribution in [0, 0.1) is 82.7 Å². The molecule has 0 amide bonds. The monoisotopic (exact) mass is 898 g/mol. The van der Waals surface area contributed by atoms with Crippen molar-refractivity contribution in [2.24, 2.45) is 0 Å². The summed E-state index contributed by atoms with van der Waals surface area (Å²) < 4.78 is 60.4. The third kappa shape index (κ3) is 6.68. The lowest BCUT2D eigenvalue weighted by Crippen LogP contribution is -1.85. The molecule has 0 aliphatic heterocycles. The highest BCUT2D eigenvalue weighted by atomic mass is 127. The number of nitrogens with zero attached hydrogens (tertiary/aromatic N) is 6. The topological polar surface area (TPSA) is 84.4 Å². The number of hydrogen-bond acceptors (Lipinski definition) is 7. The fourth-order valence-corrected chi connectivity index (χ4v) is 9.73. The molecule has 4 heterocycles. The molecule has 0 aliphatic rings. The first-order chi connectivity index (χ1) is 21.5. The van der Waals surface area contributed by atoms with E-state index in [1.807, 2.05) is 0 Å². The van der Waals surface area contributed by atoms with Crippen molar-refractivity contribution < 1.29 is 17.6 Å². The van der Waals surface area contributed by atoms with Crippen molar-refractivity contribution in [3.8, 4) is 18.2 Å². The molecule has 6 aromatic rings. The first-order valence-electron chi connectivity index (χ1n) is 11.8. The van der Waals surface area contributed by atoms with Crippen molar-refractivity contribution in [1.29, 1.82) is 15.8 Å². The summed E-state index contributed by atoms with van der Waals surface area (Å²) in [6, 6.07) is 11.3. The third-order valence-corrected chi connectivity index (χ3v) is 12.0. The van der Waals surface area contributed by atoms with E-state index in [4.69, 9.17) is 35.5 Å². The summed E-state index contributed by atoms with van der Waals surface area (Å²) in [5.41, 5.74) is 0. The maximum absolute atomic E-state index is 14.7. The Kier molecular flexibility index (Phi) is 11.2. The molecule has 0 fully saturated rings. The third-order valence-electron chi connectivity index (χ3n) is 5.84. The van der Waals surface area contributed by atoms with Gasteiger partial charge in [-0.15, -0.1) is 45.3 Å². The van der Waals surface area contributed by atoms with Crippen LogP contribution in [0.15, 0.2) is 24.3 Å². The Morgan fingerprint density at radius 1 is 0.644 bits per heavy atom. The van der Waals surface area contributed by atoms with Crippen LogP contribution in [0.5, 0.6) is 0 Å². The summed E-state index contributed by atoms with van der Waals surface area (Å²) in [5.74, 6) is -2.99. The van der Waals surface area contributed by atoms with Crippen LogP contribution in [0.3, 0.4) is 0 Å². The molecule has 0 unspecified atom stereocenters. The molecular weight excluding hydrogens is 890 g/mol. The maximum Gasteiger partial charge on any atom is 0.511 e. The van der Waals surface area contributed by atoms with Gasteiger partial charge in [-0.1, -0.05) is 0 Å². The van der Waals surface area contributed by atoms with Crippen molar-refractivity contribution in [3.05, 3.63) is 97.3 Å². The van der Waals surface area contributed by atoms with Gasteiger partial charge in [0.15, 0.2) is 10.8 Å². The van der Waals surface area contributed by atoms with E-state index in [1.54, 1.807) is 30.3 Å². The second-order valence-corrected chi connectivity index (χ2v) is 16.5. The number of hydrogen-bond donors (Lipinski definition) is 0. The van der Waals surface area contributed by atoms with Gasteiger partial charge in [0.05, 0.1) is 36.7 Å². The molecule has 4 aromatic heterocycles. The Hall–Kier alpha value is -3.60. The van der Waals surface area contributed by atoms with Gasteiger partial charge in [-0.3, -0.25) is 0 Å². The predicted molar refractivity (Wildman–Crippen MR) is 187 cm³/mol. The highest BCUT2D eigenvalue weighted by molar-refractivity contribution is 14.1. The average Bonchev–Trinajstić information content (AvgIpc) is 3.82. The van der Waals surface area contributed by atoms with Gasteiger partial charge < -0.3 is 4.85 Å². The molecule has 45 heavy (non-hydrogen) atoms. The molecule has 0 bridgehead atoms. The highest BCUT2D eigenvalue weighted by Crippen LogP contribution is 2.43. The molecule has 0 aliphatic carbocycles. The lowest BCUT2D eigenvalue weighted by Gasteiger charge is -1.97. The van der Waals surface area contributed by atoms with Crippen LogP contribution in [0.4, 0.5) is 17.6 Å². The fourth-order valence-electron chi connectivity index (χ4n) is 3.95. The van der Waals surface area contributed by atoms with Gasteiger partial charge in [0, 0.05) is 26.4 Å². The summed E-state index contributed by atoms with van der Waals surface area (Å²) >= 11 is 8.49. The van der Waals surface area contributed by atoms with Gasteiger partial charge in [-0.25, -0.2) is 47.0 Å². The van der Waals surface area contributed by atoms with Crippen LogP contribution in [0.1, 0.15) is 21.8 Å². The lowest BCUT2D eigenvalue weighted by atomic mass is 10.1. The number of thiophene rings is 4. The van der Waals surface area contributed by atoms with E-state index in [-0.39, 0.29) is 48.1 Å². The summed E-state index contributed by atoms with van der Waals surface area (Å²) in [4.78, 5) is 9.60. The molecule has 220 valence electrons. The van der Waals surface area contributed by atoms with Crippen molar-refractivity contribution in [2.45, 2.75) is 12.1 Å². The van der Waals surface area contributed by atoms with E-state index in [0.717, 1.165) is 28.4 Å². The van der Waals surface area contributed by atoms with E-state index in [9.17, 15) is 17.6 Å². The molecular formula is C29H8F4I2N6S4. The minimum Gasteiger partial charge on any atom is -0.301 e. The van der Waals surface area contributed by atoms with Crippen LogP contribution in [0.2, 0.25) is 0 Å². The molecule has 0 spiro atoms. The highest BCUT2D eigenvalue weighted by Gasteiger charge is 2.28. The van der Waals surface area contributed by atoms with Gasteiger partial charge in [0.1, 0.15) is 29.3 Å². The molecule has 16 heteroatoms. The molecule has 6 nitrogen and oxygen atoms in total. The van der Waals surface area contributed by atoms with Crippen molar-refractivity contribution in [3.63, 3.8) is 0 Å². The summed E-state index contributed by atoms with van der Waals surface area (Å²) in [7, 11) is 0. The molecule has 6 rings (SSSR count). The van der Waals surface area contributed by atoms with Crippen LogP contribution in [0.25, 0.3) is 54.9 Å². The SMILES string of the molecule is Fc1c2cc(I)sc2c(F)c2cc(I)sc12.[C-]#[N+]C([N+]#[C-])c1cc2c(F)c3sc(C(C#N)C#N)cc3c(F)c2s1.[C-]#[N+]CC#N. The quantitative estimate of drug-likeness (QED) is 0.0751. The minimum atomic E-state index is -1.11. The van der Waals surface area contributed by atoms with E-state index in [1.165, 1.54) is 34.8 Å². The summed E-state index contributed by atoms with van der Waals surface area (Å²) in [6.07, 6.45) is -1.11. The molecule has 0 saturated carbocycles. The second kappa shape index (κ2) is 14.7. The van der Waals surface area contributed by atoms with E-state index in [2.05, 4.69) is 59.7 Å². The molecule has 0 saturated heterocycles. The van der Waals surface area contributed by atoms with E-state index < -0.39 is 23.7 Å². The molecule has 2 aromatic carbocycles. The number of rotatable bonds is 2. The normalized spacial score (nSPS) is 10.4. The van der Waals surface area contributed by atoms with Crippen LogP contribution >= 0.6 is 90.5 Å². The zero-order chi connectivity index (χ0) is 33.0.